The van der Waals surface area contributed by atoms with Crippen LogP contribution in [-0.2, 0) is 0 Å². The van der Waals surface area contributed by atoms with Crippen LogP contribution in [0.1, 0.15) is 25.8 Å². The van der Waals surface area contributed by atoms with E-state index in [4.69, 9.17) is 0 Å². The number of fused-ring (bicyclic) bond motifs is 3. The van der Waals surface area contributed by atoms with Gasteiger partial charge in [0.25, 0.3) is 0 Å². The van der Waals surface area contributed by atoms with Crippen LogP contribution in [0, 0.1) is 12.8 Å². The highest BCUT2D eigenvalue weighted by Crippen LogP contribution is 2.20. The maximum absolute atomic E-state index is 4.64. The number of aromatic nitrogens is 5. The quantitative estimate of drug-likeness (QED) is 0.788. The maximum atomic E-state index is 4.64. The summed E-state index contributed by atoms with van der Waals surface area (Å²) in [7, 11) is 0. The topological polar surface area (TPSA) is 68.0 Å². The number of hydrogen-bond donors (Lipinski definition) is 1. The molecule has 0 aliphatic rings. The summed E-state index contributed by atoms with van der Waals surface area (Å²) in [5.41, 5.74) is 3.66. The van der Waals surface area contributed by atoms with Crippen molar-refractivity contribution in [3.63, 3.8) is 0 Å². The van der Waals surface area contributed by atoms with E-state index in [0.717, 1.165) is 35.4 Å². The summed E-state index contributed by atoms with van der Waals surface area (Å²) in [6.45, 7) is 7.31. The predicted molar refractivity (Wildman–Crippen MR) is 78.8 cm³/mol. The minimum atomic E-state index is 0.651. The Morgan fingerprint density at radius 1 is 1.30 bits per heavy atom. The van der Waals surface area contributed by atoms with E-state index in [1.807, 2.05) is 25.1 Å². The fraction of sp³-hybridized carbons (Fsp3) is 0.429. The van der Waals surface area contributed by atoms with Crippen molar-refractivity contribution in [2.75, 3.05) is 11.9 Å². The van der Waals surface area contributed by atoms with Crippen LogP contribution in [0.4, 0.5) is 5.82 Å². The van der Waals surface area contributed by atoms with Crippen molar-refractivity contribution >= 4 is 22.5 Å². The standard InChI is InChI=1S/C14H18N6/c1-9(2)6-7-15-13-14-17-18-19-20(14)12-8-10(3)4-5-11(12)16-13/h4-5,8-9H,6-7H2,1-3H3,(H,15,16). The molecular formula is C14H18N6. The molecule has 0 fully saturated rings. The highest BCUT2D eigenvalue weighted by Gasteiger charge is 2.11. The molecule has 1 aromatic carbocycles. The van der Waals surface area contributed by atoms with Gasteiger partial charge in [0.05, 0.1) is 11.0 Å². The number of rotatable bonds is 4. The third kappa shape index (κ3) is 2.29. The van der Waals surface area contributed by atoms with Gasteiger partial charge in [0.2, 0.25) is 5.65 Å². The van der Waals surface area contributed by atoms with Gasteiger partial charge in [-0.2, -0.15) is 4.52 Å². The van der Waals surface area contributed by atoms with Crippen molar-refractivity contribution in [1.29, 1.82) is 0 Å². The van der Waals surface area contributed by atoms with Gasteiger partial charge in [-0.3, -0.25) is 0 Å². The first-order valence-corrected chi connectivity index (χ1v) is 6.87. The van der Waals surface area contributed by atoms with Crippen LogP contribution in [0.2, 0.25) is 0 Å². The van der Waals surface area contributed by atoms with Crippen molar-refractivity contribution in [2.24, 2.45) is 5.92 Å². The first-order chi connectivity index (χ1) is 9.65. The number of hydrogen-bond acceptors (Lipinski definition) is 5. The van der Waals surface area contributed by atoms with Gasteiger partial charge in [-0.1, -0.05) is 19.9 Å². The SMILES string of the molecule is Cc1ccc2nc(NCCC(C)C)c3nnnn3c2c1. The molecule has 0 spiro atoms. The van der Waals surface area contributed by atoms with Crippen molar-refractivity contribution < 1.29 is 0 Å². The summed E-state index contributed by atoms with van der Waals surface area (Å²) in [6.07, 6.45) is 1.08. The van der Waals surface area contributed by atoms with Crippen molar-refractivity contribution in [3.05, 3.63) is 23.8 Å². The lowest BCUT2D eigenvalue weighted by Crippen LogP contribution is -2.08. The van der Waals surface area contributed by atoms with Gasteiger partial charge < -0.3 is 5.32 Å². The van der Waals surface area contributed by atoms with Gasteiger partial charge in [-0.25, -0.2) is 4.98 Å². The van der Waals surface area contributed by atoms with Gasteiger partial charge in [0.15, 0.2) is 5.82 Å². The molecule has 1 N–H and O–H groups in total. The van der Waals surface area contributed by atoms with Gasteiger partial charge in [-0.15, -0.1) is 5.10 Å². The minimum Gasteiger partial charge on any atom is -0.367 e. The van der Waals surface area contributed by atoms with E-state index >= 15 is 0 Å². The van der Waals surface area contributed by atoms with Crippen LogP contribution in [0.25, 0.3) is 16.7 Å². The van der Waals surface area contributed by atoms with Gasteiger partial charge in [0.1, 0.15) is 0 Å². The van der Waals surface area contributed by atoms with E-state index < -0.39 is 0 Å². The third-order valence-electron chi connectivity index (χ3n) is 3.29. The zero-order valence-corrected chi connectivity index (χ0v) is 12.0. The maximum Gasteiger partial charge on any atom is 0.222 e. The number of benzene rings is 1. The molecule has 0 atom stereocenters. The third-order valence-corrected chi connectivity index (χ3v) is 3.29. The van der Waals surface area contributed by atoms with E-state index in [2.05, 4.69) is 39.7 Å². The molecule has 0 aliphatic heterocycles. The largest absolute Gasteiger partial charge is 0.367 e. The first-order valence-electron chi connectivity index (χ1n) is 6.87. The average molecular weight is 270 g/mol. The average Bonchev–Trinajstić information content (AvgIpc) is 2.88. The molecule has 0 saturated carbocycles. The molecule has 0 amide bonds. The van der Waals surface area contributed by atoms with Crippen LogP contribution in [0.5, 0.6) is 0 Å². The number of nitrogens with zero attached hydrogens (tertiary/aromatic N) is 5. The smallest absolute Gasteiger partial charge is 0.222 e. The second-order valence-corrected chi connectivity index (χ2v) is 5.48. The Labute approximate surface area is 117 Å². The molecule has 0 bridgehead atoms. The van der Waals surface area contributed by atoms with Crippen LogP contribution in [0.15, 0.2) is 18.2 Å². The van der Waals surface area contributed by atoms with E-state index in [0.29, 0.717) is 11.6 Å². The second kappa shape index (κ2) is 5.03. The first kappa shape index (κ1) is 12.8. The Morgan fingerprint density at radius 2 is 2.15 bits per heavy atom. The highest BCUT2D eigenvalue weighted by atomic mass is 15.5. The lowest BCUT2D eigenvalue weighted by atomic mass is 10.1. The molecule has 6 heteroatoms. The molecule has 0 saturated heterocycles. The second-order valence-electron chi connectivity index (χ2n) is 5.48. The number of anilines is 1. The normalized spacial score (nSPS) is 11.6. The van der Waals surface area contributed by atoms with E-state index in [1.54, 1.807) is 4.52 Å². The molecule has 104 valence electrons. The molecule has 6 nitrogen and oxygen atoms in total. The predicted octanol–water partition coefficient (Wildman–Crippen LogP) is 2.44. The fourth-order valence-corrected chi connectivity index (χ4v) is 2.16. The summed E-state index contributed by atoms with van der Waals surface area (Å²) < 4.78 is 1.74. The van der Waals surface area contributed by atoms with Crippen molar-refractivity contribution in [3.8, 4) is 0 Å². The molecule has 20 heavy (non-hydrogen) atoms. The molecule has 0 unspecified atom stereocenters. The summed E-state index contributed by atoms with van der Waals surface area (Å²) >= 11 is 0. The summed E-state index contributed by atoms with van der Waals surface area (Å²) in [5.74, 6) is 1.39. The number of aryl methyl sites for hydroxylation is 1. The molecular weight excluding hydrogens is 252 g/mol. The molecule has 0 aliphatic carbocycles. The highest BCUT2D eigenvalue weighted by molar-refractivity contribution is 5.82. The van der Waals surface area contributed by atoms with Crippen LogP contribution < -0.4 is 5.32 Å². The van der Waals surface area contributed by atoms with Crippen LogP contribution >= 0.6 is 0 Å². The van der Waals surface area contributed by atoms with E-state index in [-0.39, 0.29) is 0 Å². The zero-order valence-electron chi connectivity index (χ0n) is 12.0. The summed E-state index contributed by atoms with van der Waals surface area (Å²) in [6, 6.07) is 6.09. The molecule has 2 heterocycles. The number of nitrogens with one attached hydrogen (secondary N) is 1. The Hall–Kier alpha value is -2.24. The summed E-state index contributed by atoms with van der Waals surface area (Å²) in [5, 5.41) is 15.2. The van der Waals surface area contributed by atoms with Crippen LogP contribution in [-0.4, -0.2) is 31.6 Å². The summed E-state index contributed by atoms with van der Waals surface area (Å²) in [4.78, 5) is 4.64. The minimum absolute atomic E-state index is 0.651. The zero-order chi connectivity index (χ0) is 14.1. The monoisotopic (exact) mass is 270 g/mol. The Morgan fingerprint density at radius 3 is 2.95 bits per heavy atom. The lowest BCUT2D eigenvalue weighted by Gasteiger charge is -2.09. The van der Waals surface area contributed by atoms with Crippen LogP contribution in [0.3, 0.4) is 0 Å². The van der Waals surface area contributed by atoms with Gasteiger partial charge in [-0.05, 0) is 47.4 Å². The molecule has 3 rings (SSSR count). The Bertz CT molecular complexity index is 746. The Balaban J connectivity index is 2.06. The number of tetrazole rings is 1. The van der Waals surface area contributed by atoms with Crippen molar-refractivity contribution in [2.45, 2.75) is 27.2 Å². The van der Waals surface area contributed by atoms with Gasteiger partial charge >= 0.3 is 0 Å². The van der Waals surface area contributed by atoms with Crippen molar-refractivity contribution in [1.82, 2.24) is 25.0 Å². The van der Waals surface area contributed by atoms with Gasteiger partial charge in [0, 0.05) is 6.54 Å². The molecule has 3 aromatic rings. The molecule has 0 radical (unpaired) electrons. The fourth-order valence-electron chi connectivity index (χ4n) is 2.16. The van der Waals surface area contributed by atoms with E-state index in [9.17, 15) is 0 Å². The molecule has 2 aromatic heterocycles. The lowest BCUT2D eigenvalue weighted by molar-refractivity contribution is 0.607. The van der Waals surface area contributed by atoms with E-state index in [1.165, 1.54) is 0 Å². The Kier molecular flexibility index (Phi) is 3.22.